The molecule has 1 aromatic heterocycles. The predicted molar refractivity (Wildman–Crippen MR) is 94.5 cm³/mol. The highest BCUT2D eigenvalue weighted by Crippen LogP contribution is 2.41. The van der Waals surface area contributed by atoms with Crippen molar-refractivity contribution in [3.63, 3.8) is 0 Å². The van der Waals surface area contributed by atoms with E-state index in [-0.39, 0.29) is 12.5 Å². The lowest BCUT2D eigenvalue weighted by Crippen LogP contribution is -2.28. The maximum atomic E-state index is 10.5. The van der Waals surface area contributed by atoms with E-state index in [1.165, 1.54) is 7.11 Å². The largest absolute Gasteiger partial charge is 0.504 e. The molecule has 25 heavy (non-hydrogen) atoms. The van der Waals surface area contributed by atoms with Crippen molar-refractivity contribution in [1.82, 2.24) is 0 Å². The molecule has 0 atom stereocenters. The average Bonchev–Trinajstić information content (AvgIpc) is 3.11. The molecule has 5 heteroatoms. The third kappa shape index (κ3) is 1.86. The van der Waals surface area contributed by atoms with Gasteiger partial charge >= 0.3 is 0 Å². The van der Waals surface area contributed by atoms with Crippen LogP contribution in [0.15, 0.2) is 42.6 Å². The normalized spacial score (nSPS) is 13.6. The molecular weight excluding hydrogens is 318 g/mol. The Morgan fingerprint density at radius 2 is 1.88 bits per heavy atom. The van der Waals surface area contributed by atoms with Gasteiger partial charge in [-0.2, -0.15) is 4.57 Å². The van der Waals surface area contributed by atoms with Crippen LogP contribution in [-0.4, -0.2) is 19.0 Å². The number of rotatable bonds is 1. The molecule has 5 nitrogen and oxygen atoms in total. The molecule has 3 aromatic carbocycles. The highest BCUT2D eigenvalue weighted by atomic mass is 16.7. The first-order chi connectivity index (χ1) is 12.6. The van der Waals surface area contributed by atoms with Gasteiger partial charge in [0.15, 0.2) is 29.2 Å². The third-order valence-corrected chi connectivity index (χ3v) is 4.75. The predicted octanol–water partition coefficient (Wildman–Crippen LogP) is 3.41. The van der Waals surface area contributed by atoms with Gasteiger partial charge in [0.25, 0.3) is 0 Å². The van der Waals surface area contributed by atoms with E-state index in [2.05, 4.69) is 0 Å². The van der Waals surface area contributed by atoms with Crippen LogP contribution >= 0.6 is 0 Å². The Hall–Kier alpha value is -3.21. The molecular formula is C20H16NO4+. The maximum absolute atomic E-state index is 10.5. The van der Waals surface area contributed by atoms with Gasteiger partial charge in [-0.1, -0.05) is 6.07 Å². The minimum absolute atomic E-state index is 0.120. The topological polar surface area (TPSA) is 51.8 Å². The van der Waals surface area contributed by atoms with Gasteiger partial charge in [0, 0.05) is 5.39 Å². The van der Waals surface area contributed by atoms with Gasteiger partial charge < -0.3 is 19.3 Å². The molecule has 0 spiro atoms. The van der Waals surface area contributed by atoms with Gasteiger partial charge in [-0.3, -0.25) is 0 Å². The first-order valence-electron chi connectivity index (χ1n) is 8.44. The first-order valence-corrected chi connectivity index (χ1v) is 7.94. The van der Waals surface area contributed by atoms with Crippen molar-refractivity contribution in [2.24, 2.45) is 7.05 Å². The van der Waals surface area contributed by atoms with Crippen molar-refractivity contribution in [2.45, 2.75) is 0 Å². The van der Waals surface area contributed by atoms with E-state index in [0.717, 1.165) is 27.1 Å². The van der Waals surface area contributed by atoms with Crippen molar-refractivity contribution >= 4 is 32.4 Å². The van der Waals surface area contributed by atoms with E-state index in [1.807, 2.05) is 42.1 Å². The molecule has 0 bridgehead atoms. The van der Waals surface area contributed by atoms with Crippen molar-refractivity contribution in [1.29, 1.82) is 0 Å². The monoisotopic (exact) mass is 335 g/mol. The number of aryl methyl sites for hydroxylation is 1. The fourth-order valence-electron chi connectivity index (χ4n) is 3.58. The summed E-state index contributed by atoms with van der Waals surface area (Å²) in [4.78, 5) is 0. The van der Waals surface area contributed by atoms with Crippen LogP contribution in [0.4, 0.5) is 0 Å². The number of methoxy groups -OCH3 is 1. The third-order valence-electron chi connectivity index (χ3n) is 4.75. The Morgan fingerprint density at radius 1 is 1.08 bits per heavy atom. The molecule has 0 radical (unpaired) electrons. The second-order valence-corrected chi connectivity index (χ2v) is 6.11. The van der Waals surface area contributed by atoms with Crippen LogP contribution in [-0.2, 0) is 7.05 Å². The summed E-state index contributed by atoms with van der Waals surface area (Å²) in [7, 11) is 3.46. The number of nitrogens with zero attached hydrogens (tertiary/aromatic N) is 1. The zero-order valence-electron chi connectivity index (χ0n) is 14.8. The number of pyridine rings is 1. The van der Waals surface area contributed by atoms with E-state index in [9.17, 15) is 5.11 Å². The molecule has 1 aliphatic heterocycles. The standard InChI is InChI=1S/C20H15NO4/c1-21-9-15-12(5-6-16(23-2)20(15)22)13-4-3-11-7-17-18(25-10-24-17)8-14(11)19(13)21/h3-9H,10H2,1-2H3/p+1/i7D. The minimum atomic E-state index is 0.120. The average molecular weight is 335 g/mol. The van der Waals surface area contributed by atoms with Crippen LogP contribution in [0.2, 0.25) is 0 Å². The zero-order chi connectivity index (χ0) is 18.0. The van der Waals surface area contributed by atoms with E-state index in [1.54, 1.807) is 6.07 Å². The smallest absolute Gasteiger partial charge is 0.231 e. The molecule has 2 heterocycles. The number of aromatic hydroxyl groups is 1. The van der Waals surface area contributed by atoms with Crippen LogP contribution in [0, 0.1) is 0 Å². The Bertz CT molecular complexity index is 1240. The van der Waals surface area contributed by atoms with Gasteiger partial charge in [0.2, 0.25) is 12.3 Å². The quantitative estimate of drug-likeness (QED) is 0.428. The molecule has 0 aliphatic carbocycles. The van der Waals surface area contributed by atoms with Gasteiger partial charge in [-0.25, -0.2) is 0 Å². The van der Waals surface area contributed by atoms with Gasteiger partial charge in [-0.05, 0) is 35.7 Å². The summed E-state index contributed by atoms with van der Waals surface area (Å²) in [5.74, 6) is 1.64. The molecule has 1 aliphatic rings. The second-order valence-electron chi connectivity index (χ2n) is 6.11. The van der Waals surface area contributed by atoms with Gasteiger partial charge in [-0.15, -0.1) is 0 Å². The molecule has 1 N–H and O–H groups in total. The zero-order valence-corrected chi connectivity index (χ0v) is 13.8. The molecule has 0 fully saturated rings. The second kappa shape index (κ2) is 4.89. The fourth-order valence-corrected chi connectivity index (χ4v) is 3.58. The summed E-state index contributed by atoms with van der Waals surface area (Å²) in [6, 6.07) is 9.85. The molecule has 0 saturated heterocycles. The van der Waals surface area contributed by atoms with E-state index < -0.39 is 0 Å². The Labute approximate surface area is 145 Å². The number of fused-ring (bicyclic) bond motifs is 6. The Morgan fingerprint density at radius 3 is 2.72 bits per heavy atom. The van der Waals surface area contributed by atoms with Crippen molar-refractivity contribution in [2.75, 3.05) is 13.9 Å². The molecule has 0 saturated carbocycles. The summed E-state index contributed by atoms with van der Waals surface area (Å²) in [5.41, 5.74) is 0.964. The Kier molecular flexibility index (Phi) is 2.57. The molecule has 0 amide bonds. The summed E-state index contributed by atoms with van der Waals surface area (Å²) in [5, 5.41) is 14.8. The fraction of sp³-hybridized carbons (Fsp3) is 0.150. The van der Waals surface area contributed by atoms with Gasteiger partial charge in [0.05, 0.1) is 24.6 Å². The van der Waals surface area contributed by atoms with Crippen molar-refractivity contribution in [3.05, 3.63) is 42.6 Å². The van der Waals surface area contributed by atoms with Crippen LogP contribution in [0.5, 0.6) is 23.0 Å². The summed E-state index contributed by atoms with van der Waals surface area (Å²) in [6.45, 7) is 0.137. The highest BCUT2D eigenvalue weighted by molar-refractivity contribution is 6.15. The van der Waals surface area contributed by atoms with Crippen LogP contribution in [0.1, 0.15) is 1.37 Å². The first kappa shape index (κ1) is 13.1. The molecule has 0 unspecified atom stereocenters. The number of phenols is 1. The van der Waals surface area contributed by atoms with Crippen molar-refractivity contribution in [3.8, 4) is 23.0 Å². The minimum Gasteiger partial charge on any atom is -0.504 e. The number of aromatic nitrogens is 1. The Balaban J connectivity index is 1.98. The number of benzene rings is 3. The lowest BCUT2D eigenvalue weighted by Gasteiger charge is -2.10. The number of hydrogen-bond donors (Lipinski definition) is 1. The number of phenolic OH excluding ortho intramolecular Hbond substituents is 1. The molecule has 124 valence electrons. The van der Waals surface area contributed by atoms with E-state index >= 15 is 0 Å². The van der Waals surface area contributed by atoms with Crippen LogP contribution in [0.3, 0.4) is 0 Å². The molecule has 4 aromatic rings. The number of ether oxygens (including phenoxy) is 3. The van der Waals surface area contributed by atoms with Crippen LogP contribution < -0.4 is 18.8 Å². The van der Waals surface area contributed by atoms with Crippen LogP contribution in [0.25, 0.3) is 32.4 Å². The maximum Gasteiger partial charge on any atom is 0.231 e. The summed E-state index contributed by atoms with van der Waals surface area (Å²) < 4.78 is 26.6. The number of hydrogen-bond acceptors (Lipinski definition) is 4. The SMILES string of the molecule is [2H]c1c2c(cc3c1ccc1c4ccc(OC)c(O)c4c[n+](C)c31)OCO2. The highest BCUT2D eigenvalue weighted by Gasteiger charge is 2.21. The van der Waals surface area contributed by atoms with Crippen molar-refractivity contribution < 1.29 is 25.3 Å². The summed E-state index contributed by atoms with van der Waals surface area (Å²) in [6.07, 6.45) is 1.88. The van der Waals surface area contributed by atoms with Gasteiger partial charge in [0.1, 0.15) is 7.05 Å². The van der Waals surface area contributed by atoms with E-state index in [4.69, 9.17) is 15.6 Å². The lowest BCUT2D eigenvalue weighted by atomic mass is 10.00. The summed E-state index contributed by atoms with van der Waals surface area (Å²) >= 11 is 0. The lowest BCUT2D eigenvalue weighted by molar-refractivity contribution is -0.642. The molecule has 5 rings (SSSR count). The van der Waals surface area contributed by atoms with E-state index in [0.29, 0.717) is 28.7 Å².